The Labute approximate surface area is 47.3 Å². The normalized spacial score (nSPS) is 34.3. The maximum Gasteiger partial charge on any atom is 0.0101 e. The summed E-state index contributed by atoms with van der Waals surface area (Å²) in [6.45, 7) is 3.53. The molecule has 1 heterocycles. The van der Waals surface area contributed by atoms with Crippen molar-refractivity contribution in [3.63, 3.8) is 0 Å². The Morgan fingerprint density at radius 1 is 1.71 bits per heavy atom. The summed E-state index contributed by atoms with van der Waals surface area (Å²) in [5.41, 5.74) is 0. The van der Waals surface area contributed by atoms with Crippen LogP contribution in [-0.4, -0.2) is 17.3 Å². The van der Waals surface area contributed by atoms with Crippen molar-refractivity contribution in [2.75, 3.05) is 6.54 Å². The van der Waals surface area contributed by atoms with Gasteiger partial charge in [-0.3, -0.25) is 4.67 Å². The zero-order chi connectivity index (χ0) is 5.28. The lowest BCUT2D eigenvalue weighted by atomic mass is 10.3. The first-order chi connectivity index (χ1) is 3.30. The average molecular weight is 117 g/mol. The lowest BCUT2D eigenvalue weighted by molar-refractivity contribution is 0.466. The van der Waals surface area contributed by atoms with E-state index < -0.39 is 0 Å². The lowest BCUT2D eigenvalue weighted by Gasteiger charge is -2.11. The van der Waals surface area contributed by atoms with E-state index in [2.05, 4.69) is 21.0 Å². The van der Waals surface area contributed by atoms with Gasteiger partial charge in [-0.1, -0.05) is 9.39 Å². The maximum absolute atomic E-state index is 2.75. The van der Waals surface area contributed by atoms with Gasteiger partial charge in [0.1, 0.15) is 0 Å². The molecular formula is C5H12NP. The number of hydrogen-bond donors (Lipinski definition) is 0. The van der Waals surface area contributed by atoms with Crippen LogP contribution in [0.4, 0.5) is 0 Å². The molecule has 1 fully saturated rings. The Morgan fingerprint density at radius 3 is 2.57 bits per heavy atom. The van der Waals surface area contributed by atoms with Crippen LogP contribution >= 0.6 is 9.39 Å². The van der Waals surface area contributed by atoms with Gasteiger partial charge in [0.05, 0.1) is 0 Å². The Kier molecular flexibility index (Phi) is 1.66. The minimum atomic E-state index is 0.810. The Hall–Kier alpha value is 0.390. The molecule has 7 heavy (non-hydrogen) atoms. The van der Waals surface area contributed by atoms with Crippen molar-refractivity contribution in [3.8, 4) is 0 Å². The van der Waals surface area contributed by atoms with Crippen LogP contribution in [0.2, 0.25) is 0 Å². The minimum absolute atomic E-state index is 0.810. The second kappa shape index (κ2) is 2.11. The van der Waals surface area contributed by atoms with Crippen molar-refractivity contribution >= 4 is 9.39 Å². The fourth-order valence-corrected chi connectivity index (χ4v) is 1.29. The minimum Gasteiger partial charge on any atom is -0.285 e. The van der Waals surface area contributed by atoms with E-state index >= 15 is 0 Å². The molecule has 0 aromatic heterocycles. The maximum atomic E-state index is 2.75. The van der Waals surface area contributed by atoms with Gasteiger partial charge >= 0.3 is 0 Å². The highest BCUT2D eigenvalue weighted by molar-refractivity contribution is 7.13. The molecule has 0 aliphatic carbocycles. The Bertz CT molecular complexity index is 57.1. The van der Waals surface area contributed by atoms with Crippen LogP contribution in [0.15, 0.2) is 0 Å². The molecule has 1 unspecified atom stereocenters. The summed E-state index contributed by atoms with van der Waals surface area (Å²) in [6.07, 6.45) is 2.76. The summed E-state index contributed by atoms with van der Waals surface area (Å²) < 4.78 is 2.32. The summed E-state index contributed by atoms with van der Waals surface area (Å²) in [7, 11) is 2.75. The van der Waals surface area contributed by atoms with Gasteiger partial charge < -0.3 is 0 Å². The molecule has 0 bridgehead atoms. The smallest absolute Gasteiger partial charge is 0.0101 e. The average Bonchev–Trinajstić information content (AvgIpc) is 1.91. The quantitative estimate of drug-likeness (QED) is 0.432. The van der Waals surface area contributed by atoms with Crippen LogP contribution in [0.3, 0.4) is 0 Å². The van der Waals surface area contributed by atoms with E-state index in [0.29, 0.717) is 0 Å². The molecule has 0 spiro atoms. The van der Waals surface area contributed by atoms with E-state index in [1.807, 2.05) is 0 Å². The first-order valence-corrected chi connectivity index (χ1v) is 3.33. The zero-order valence-electron chi connectivity index (χ0n) is 4.72. The van der Waals surface area contributed by atoms with Crippen LogP contribution in [0.25, 0.3) is 0 Å². The van der Waals surface area contributed by atoms with Crippen LogP contribution in [0.5, 0.6) is 0 Å². The van der Waals surface area contributed by atoms with Crippen LogP contribution in [-0.2, 0) is 0 Å². The second-order valence-corrected chi connectivity index (χ2v) is 2.89. The van der Waals surface area contributed by atoms with E-state index in [1.54, 1.807) is 0 Å². The van der Waals surface area contributed by atoms with Crippen molar-refractivity contribution in [1.29, 1.82) is 0 Å². The predicted octanol–water partition coefficient (Wildman–Crippen LogP) is 1.26. The van der Waals surface area contributed by atoms with Crippen LogP contribution in [0, 0.1) is 0 Å². The second-order valence-electron chi connectivity index (χ2n) is 2.23. The molecule has 0 radical (unpaired) electrons. The standard InChI is InChI=1S/C5H12NP/c1-5-3-2-4-6(5)7/h5H,2-4,7H2,1H3/t5-/m0/s1. The Balaban J connectivity index is 2.33. The molecule has 0 amide bonds. The van der Waals surface area contributed by atoms with Gasteiger partial charge in [-0.05, 0) is 19.8 Å². The number of hydrogen-bond acceptors (Lipinski definition) is 1. The number of rotatable bonds is 0. The highest BCUT2D eigenvalue weighted by Crippen LogP contribution is 2.19. The summed E-state index contributed by atoms with van der Waals surface area (Å²) >= 11 is 0. The molecule has 0 saturated carbocycles. The van der Waals surface area contributed by atoms with E-state index in [4.69, 9.17) is 0 Å². The van der Waals surface area contributed by atoms with Gasteiger partial charge in [-0.15, -0.1) is 0 Å². The molecule has 1 aliphatic rings. The third-order valence-electron chi connectivity index (χ3n) is 1.60. The van der Waals surface area contributed by atoms with Gasteiger partial charge in [0.15, 0.2) is 0 Å². The summed E-state index contributed by atoms with van der Waals surface area (Å²) in [4.78, 5) is 0. The van der Waals surface area contributed by atoms with Crippen molar-refractivity contribution < 1.29 is 0 Å². The first-order valence-electron chi connectivity index (χ1n) is 2.82. The number of nitrogens with zero attached hydrogens (tertiary/aromatic N) is 1. The van der Waals surface area contributed by atoms with Gasteiger partial charge in [-0.2, -0.15) is 0 Å². The van der Waals surface area contributed by atoms with E-state index in [0.717, 1.165) is 6.04 Å². The van der Waals surface area contributed by atoms with Crippen molar-refractivity contribution in [1.82, 2.24) is 4.67 Å². The third-order valence-corrected chi connectivity index (χ3v) is 2.37. The molecule has 2 heteroatoms. The molecule has 0 N–H and O–H groups in total. The molecule has 1 rings (SSSR count). The summed E-state index contributed by atoms with van der Waals surface area (Å²) in [5, 5.41) is 0. The SMILES string of the molecule is C[C@H]1CCCN1P. The third kappa shape index (κ3) is 1.14. The van der Waals surface area contributed by atoms with Crippen LogP contribution in [0.1, 0.15) is 19.8 Å². The van der Waals surface area contributed by atoms with Crippen molar-refractivity contribution in [2.45, 2.75) is 25.8 Å². The predicted molar refractivity (Wildman–Crippen MR) is 35.1 cm³/mol. The Morgan fingerprint density at radius 2 is 2.43 bits per heavy atom. The van der Waals surface area contributed by atoms with E-state index in [1.165, 1.54) is 19.4 Å². The van der Waals surface area contributed by atoms with Gasteiger partial charge in [0.25, 0.3) is 0 Å². The van der Waals surface area contributed by atoms with Gasteiger partial charge in [0.2, 0.25) is 0 Å². The van der Waals surface area contributed by atoms with Crippen LogP contribution < -0.4 is 0 Å². The molecule has 0 aromatic rings. The topological polar surface area (TPSA) is 3.24 Å². The van der Waals surface area contributed by atoms with E-state index in [9.17, 15) is 0 Å². The zero-order valence-corrected chi connectivity index (χ0v) is 5.88. The fourth-order valence-electron chi connectivity index (χ4n) is 0.955. The molecule has 1 nitrogen and oxygen atoms in total. The molecule has 0 aromatic carbocycles. The molecular weight excluding hydrogens is 105 g/mol. The van der Waals surface area contributed by atoms with E-state index in [-0.39, 0.29) is 0 Å². The van der Waals surface area contributed by atoms with Gasteiger partial charge in [-0.25, -0.2) is 0 Å². The van der Waals surface area contributed by atoms with Crippen molar-refractivity contribution in [3.05, 3.63) is 0 Å². The van der Waals surface area contributed by atoms with Crippen molar-refractivity contribution in [2.24, 2.45) is 0 Å². The molecule has 1 saturated heterocycles. The monoisotopic (exact) mass is 117 g/mol. The fraction of sp³-hybridized carbons (Fsp3) is 1.00. The van der Waals surface area contributed by atoms with Gasteiger partial charge in [0, 0.05) is 12.6 Å². The molecule has 42 valence electrons. The largest absolute Gasteiger partial charge is 0.285 e. The highest BCUT2D eigenvalue weighted by Gasteiger charge is 2.14. The summed E-state index contributed by atoms with van der Waals surface area (Å²) in [6, 6.07) is 0.810. The molecule has 2 atom stereocenters. The first kappa shape index (κ1) is 5.53. The highest BCUT2D eigenvalue weighted by atomic mass is 31.0. The lowest BCUT2D eigenvalue weighted by Crippen LogP contribution is -2.13. The molecule has 1 aliphatic heterocycles. The summed E-state index contributed by atoms with van der Waals surface area (Å²) in [5.74, 6) is 0.